The molecule has 0 saturated carbocycles. The molecule has 1 aromatic carbocycles. The number of nitrogens with one attached hydrogen (secondary N) is 1. The van der Waals surface area contributed by atoms with Crippen molar-refractivity contribution in [2.45, 2.75) is 26.4 Å². The minimum Gasteiger partial charge on any atom is -0.388 e. The first-order valence-corrected chi connectivity index (χ1v) is 6.00. The van der Waals surface area contributed by atoms with Crippen LogP contribution < -0.4 is 5.32 Å². The van der Waals surface area contributed by atoms with Crippen LogP contribution >= 0.6 is 23.2 Å². The molecular formula is C12H17Cl2NO. The van der Waals surface area contributed by atoms with Gasteiger partial charge < -0.3 is 10.4 Å². The van der Waals surface area contributed by atoms with Crippen LogP contribution in [-0.2, 0) is 0 Å². The maximum Gasteiger partial charge on any atom is 0.0813 e. The highest BCUT2D eigenvalue weighted by molar-refractivity contribution is 6.35. The molecule has 0 fully saturated rings. The van der Waals surface area contributed by atoms with E-state index in [1.165, 1.54) is 0 Å². The van der Waals surface area contributed by atoms with E-state index in [9.17, 15) is 5.11 Å². The van der Waals surface area contributed by atoms with Gasteiger partial charge in [0.05, 0.1) is 16.3 Å². The van der Waals surface area contributed by atoms with Crippen LogP contribution in [0.4, 0.5) is 5.69 Å². The maximum absolute atomic E-state index is 10.1. The molecular weight excluding hydrogens is 245 g/mol. The lowest BCUT2D eigenvalue weighted by molar-refractivity contribution is 0.0266. The lowest BCUT2D eigenvalue weighted by atomic mass is 9.92. The molecule has 1 unspecified atom stereocenters. The second kappa shape index (κ2) is 5.26. The predicted molar refractivity (Wildman–Crippen MR) is 70.4 cm³/mol. The van der Waals surface area contributed by atoms with Gasteiger partial charge in [0.2, 0.25) is 0 Å². The third-order valence-electron chi connectivity index (χ3n) is 2.81. The Morgan fingerprint density at radius 1 is 1.38 bits per heavy atom. The van der Waals surface area contributed by atoms with Crippen molar-refractivity contribution in [2.75, 3.05) is 11.9 Å². The molecule has 0 heterocycles. The molecule has 1 atom stereocenters. The van der Waals surface area contributed by atoms with E-state index in [0.717, 1.165) is 5.69 Å². The number of hydrogen-bond acceptors (Lipinski definition) is 2. The quantitative estimate of drug-likeness (QED) is 0.864. The summed E-state index contributed by atoms with van der Waals surface area (Å²) in [7, 11) is 0. The smallest absolute Gasteiger partial charge is 0.0813 e. The molecule has 0 bridgehead atoms. The van der Waals surface area contributed by atoms with Crippen LogP contribution in [0.15, 0.2) is 18.2 Å². The summed E-state index contributed by atoms with van der Waals surface area (Å²) in [6, 6.07) is 5.21. The number of hydrogen-bond donors (Lipinski definition) is 2. The van der Waals surface area contributed by atoms with E-state index < -0.39 is 5.60 Å². The monoisotopic (exact) mass is 261 g/mol. The second-order valence-corrected chi connectivity index (χ2v) is 5.33. The fourth-order valence-corrected chi connectivity index (χ4v) is 1.47. The van der Waals surface area contributed by atoms with Crippen molar-refractivity contribution in [3.8, 4) is 0 Å². The van der Waals surface area contributed by atoms with E-state index in [1.54, 1.807) is 25.1 Å². The van der Waals surface area contributed by atoms with E-state index in [2.05, 4.69) is 5.32 Å². The van der Waals surface area contributed by atoms with Gasteiger partial charge in [0.1, 0.15) is 0 Å². The molecule has 1 rings (SSSR count). The molecule has 0 aliphatic heterocycles. The standard InChI is InChI=1S/C12H17Cl2NO/c1-8(2)12(3,16)7-15-11-6-9(13)4-5-10(11)14/h4-6,8,15-16H,7H2,1-3H3. The molecule has 0 aliphatic carbocycles. The van der Waals surface area contributed by atoms with Gasteiger partial charge in [0, 0.05) is 11.6 Å². The average molecular weight is 262 g/mol. The van der Waals surface area contributed by atoms with Crippen LogP contribution in [0, 0.1) is 5.92 Å². The lowest BCUT2D eigenvalue weighted by Gasteiger charge is -2.28. The Hall–Kier alpha value is -0.440. The van der Waals surface area contributed by atoms with Gasteiger partial charge in [0.15, 0.2) is 0 Å². The fourth-order valence-electron chi connectivity index (χ4n) is 1.11. The Morgan fingerprint density at radius 3 is 2.56 bits per heavy atom. The number of benzene rings is 1. The molecule has 0 amide bonds. The highest BCUT2D eigenvalue weighted by Gasteiger charge is 2.24. The first-order chi connectivity index (χ1) is 7.33. The van der Waals surface area contributed by atoms with Crippen molar-refractivity contribution in [1.82, 2.24) is 0 Å². The van der Waals surface area contributed by atoms with Crippen molar-refractivity contribution in [2.24, 2.45) is 5.92 Å². The predicted octanol–water partition coefficient (Wildman–Crippen LogP) is 3.81. The van der Waals surface area contributed by atoms with Gasteiger partial charge in [-0.3, -0.25) is 0 Å². The van der Waals surface area contributed by atoms with Gasteiger partial charge in [-0.25, -0.2) is 0 Å². The van der Waals surface area contributed by atoms with Crippen LogP contribution in [0.3, 0.4) is 0 Å². The van der Waals surface area contributed by atoms with Gasteiger partial charge >= 0.3 is 0 Å². The third kappa shape index (κ3) is 3.55. The minimum atomic E-state index is -0.772. The van der Waals surface area contributed by atoms with E-state index in [4.69, 9.17) is 23.2 Å². The summed E-state index contributed by atoms with van der Waals surface area (Å²) in [5, 5.41) is 14.4. The van der Waals surface area contributed by atoms with Gasteiger partial charge in [-0.15, -0.1) is 0 Å². The van der Waals surface area contributed by atoms with Crippen molar-refractivity contribution < 1.29 is 5.11 Å². The summed E-state index contributed by atoms with van der Waals surface area (Å²) in [6.45, 7) is 6.18. The molecule has 0 saturated heterocycles. The van der Waals surface area contributed by atoms with Gasteiger partial charge in [-0.1, -0.05) is 37.0 Å². The maximum atomic E-state index is 10.1. The Balaban J connectivity index is 2.71. The molecule has 1 aromatic rings. The summed E-state index contributed by atoms with van der Waals surface area (Å²) in [6.07, 6.45) is 0. The van der Waals surface area contributed by atoms with Gasteiger partial charge in [-0.05, 0) is 31.0 Å². The van der Waals surface area contributed by atoms with Crippen LogP contribution in [0.1, 0.15) is 20.8 Å². The molecule has 16 heavy (non-hydrogen) atoms. The zero-order valence-corrected chi connectivity index (χ0v) is 11.2. The van der Waals surface area contributed by atoms with Crippen LogP contribution in [0.5, 0.6) is 0 Å². The topological polar surface area (TPSA) is 32.3 Å². The first kappa shape index (κ1) is 13.6. The average Bonchev–Trinajstić information content (AvgIpc) is 2.19. The number of halogens is 2. The van der Waals surface area contributed by atoms with Crippen molar-refractivity contribution >= 4 is 28.9 Å². The fraction of sp³-hybridized carbons (Fsp3) is 0.500. The normalized spacial score (nSPS) is 14.9. The van der Waals surface area contributed by atoms with Crippen LogP contribution in [-0.4, -0.2) is 17.3 Å². The number of anilines is 1. The van der Waals surface area contributed by atoms with E-state index in [1.807, 2.05) is 13.8 Å². The molecule has 2 nitrogen and oxygen atoms in total. The SMILES string of the molecule is CC(C)C(C)(O)CNc1cc(Cl)ccc1Cl. The molecule has 4 heteroatoms. The molecule has 0 radical (unpaired) electrons. The molecule has 0 spiro atoms. The highest BCUT2D eigenvalue weighted by atomic mass is 35.5. The summed E-state index contributed by atoms with van der Waals surface area (Å²) >= 11 is 11.9. The zero-order chi connectivity index (χ0) is 12.3. The van der Waals surface area contributed by atoms with Crippen molar-refractivity contribution in [3.05, 3.63) is 28.2 Å². The molecule has 0 aromatic heterocycles. The Kier molecular flexibility index (Phi) is 4.48. The van der Waals surface area contributed by atoms with Crippen LogP contribution in [0.2, 0.25) is 10.0 Å². The number of rotatable bonds is 4. The Labute approximate surface area is 107 Å². The van der Waals surface area contributed by atoms with Crippen molar-refractivity contribution in [1.29, 1.82) is 0 Å². The van der Waals surface area contributed by atoms with Gasteiger partial charge in [0.25, 0.3) is 0 Å². The van der Waals surface area contributed by atoms with E-state index in [0.29, 0.717) is 16.6 Å². The summed E-state index contributed by atoms with van der Waals surface area (Å²) in [4.78, 5) is 0. The van der Waals surface area contributed by atoms with E-state index in [-0.39, 0.29) is 5.92 Å². The van der Waals surface area contributed by atoms with Crippen LogP contribution in [0.25, 0.3) is 0 Å². The molecule has 2 N–H and O–H groups in total. The largest absolute Gasteiger partial charge is 0.388 e. The summed E-state index contributed by atoms with van der Waals surface area (Å²) in [5.41, 5.74) is -0.0267. The van der Waals surface area contributed by atoms with Crippen molar-refractivity contribution in [3.63, 3.8) is 0 Å². The first-order valence-electron chi connectivity index (χ1n) is 5.24. The highest BCUT2D eigenvalue weighted by Crippen LogP contribution is 2.26. The number of aliphatic hydroxyl groups is 1. The summed E-state index contributed by atoms with van der Waals surface area (Å²) in [5.74, 6) is 0.165. The summed E-state index contributed by atoms with van der Waals surface area (Å²) < 4.78 is 0. The third-order valence-corrected chi connectivity index (χ3v) is 3.37. The van der Waals surface area contributed by atoms with E-state index >= 15 is 0 Å². The minimum absolute atomic E-state index is 0.165. The Bertz CT molecular complexity index is 364. The van der Waals surface area contributed by atoms with Gasteiger partial charge in [-0.2, -0.15) is 0 Å². The lowest BCUT2D eigenvalue weighted by Crippen LogP contribution is -2.38. The Morgan fingerprint density at radius 2 is 2.00 bits per heavy atom. The zero-order valence-electron chi connectivity index (χ0n) is 9.72. The second-order valence-electron chi connectivity index (χ2n) is 4.49. The molecule has 0 aliphatic rings. The molecule has 90 valence electrons.